The zero-order chi connectivity index (χ0) is 32.2. The van der Waals surface area contributed by atoms with Gasteiger partial charge in [0.25, 0.3) is 5.56 Å². The Balaban J connectivity index is 1.48. The minimum absolute atomic E-state index is 0.182. The first kappa shape index (κ1) is 31.3. The fourth-order valence-electron chi connectivity index (χ4n) is 5.78. The molecule has 1 atom stereocenters. The number of thiazole rings is 1. The second-order valence-electron chi connectivity index (χ2n) is 10.8. The lowest BCUT2D eigenvalue weighted by molar-refractivity contribution is -0.139. The van der Waals surface area contributed by atoms with Crippen LogP contribution in [0.3, 0.4) is 0 Å². The smallest absolute Gasteiger partial charge is 0.338 e. The minimum Gasteiger partial charge on any atom is -0.496 e. The van der Waals surface area contributed by atoms with Gasteiger partial charge in [0.05, 0.1) is 29.5 Å². The molecule has 0 fully saturated rings. The number of para-hydroxylation sites is 1. The van der Waals surface area contributed by atoms with Gasteiger partial charge in [-0.1, -0.05) is 96.9 Å². The van der Waals surface area contributed by atoms with Crippen LogP contribution >= 0.6 is 22.9 Å². The van der Waals surface area contributed by atoms with Crippen LogP contribution in [0.2, 0.25) is 5.02 Å². The van der Waals surface area contributed by atoms with E-state index in [1.165, 1.54) is 11.3 Å². The molecule has 2 heterocycles. The number of halogens is 1. The van der Waals surface area contributed by atoms with Gasteiger partial charge >= 0.3 is 5.97 Å². The summed E-state index contributed by atoms with van der Waals surface area (Å²) in [6, 6.07) is 26.3. The van der Waals surface area contributed by atoms with Crippen LogP contribution in [-0.2, 0) is 16.1 Å². The van der Waals surface area contributed by atoms with E-state index in [2.05, 4.69) is 24.3 Å². The molecule has 0 amide bonds. The minimum atomic E-state index is -0.842. The Bertz CT molecular complexity index is 2140. The van der Waals surface area contributed by atoms with E-state index in [1.54, 1.807) is 36.8 Å². The average Bonchev–Trinajstić information content (AvgIpc) is 3.37. The molecule has 1 aromatic heterocycles. The number of nitrogens with zero attached hydrogens (tertiary/aromatic N) is 2. The number of methoxy groups -OCH3 is 1. The van der Waals surface area contributed by atoms with Crippen LogP contribution in [0, 0.1) is 0 Å². The fraction of sp³-hybridized carbons (Fsp3) is 0.216. The van der Waals surface area contributed by atoms with Crippen LogP contribution in [0.25, 0.3) is 16.8 Å². The van der Waals surface area contributed by atoms with Gasteiger partial charge in [-0.2, -0.15) is 0 Å². The van der Waals surface area contributed by atoms with Crippen molar-refractivity contribution in [2.24, 2.45) is 4.99 Å². The summed E-state index contributed by atoms with van der Waals surface area (Å²) in [7, 11) is 1.55. The lowest BCUT2D eigenvalue weighted by Crippen LogP contribution is -2.40. The van der Waals surface area contributed by atoms with Crippen molar-refractivity contribution in [2.45, 2.75) is 39.3 Å². The number of hydrogen-bond acceptors (Lipinski definition) is 7. The first-order chi connectivity index (χ1) is 22.4. The predicted molar refractivity (Wildman–Crippen MR) is 182 cm³/mol. The van der Waals surface area contributed by atoms with Crippen molar-refractivity contribution >= 4 is 45.8 Å². The van der Waals surface area contributed by atoms with Gasteiger partial charge in [0.2, 0.25) is 0 Å². The third-order valence-corrected chi connectivity index (χ3v) is 9.07. The molecule has 234 valence electrons. The number of ether oxygens (including phenoxy) is 3. The summed E-state index contributed by atoms with van der Waals surface area (Å²) in [4.78, 5) is 33.2. The molecule has 0 spiro atoms. The van der Waals surface area contributed by atoms with E-state index in [4.69, 9.17) is 30.8 Å². The summed E-state index contributed by atoms with van der Waals surface area (Å²) in [5, 5.41) is 2.73. The molecule has 0 radical (unpaired) electrons. The van der Waals surface area contributed by atoms with E-state index in [0.717, 1.165) is 28.3 Å². The number of rotatable bonds is 10. The largest absolute Gasteiger partial charge is 0.496 e. The highest BCUT2D eigenvalue weighted by atomic mass is 35.5. The number of esters is 1. The van der Waals surface area contributed by atoms with E-state index >= 15 is 0 Å². The zero-order valence-corrected chi connectivity index (χ0v) is 27.4. The summed E-state index contributed by atoms with van der Waals surface area (Å²) < 4.78 is 19.6. The van der Waals surface area contributed by atoms with Crippen molar-refractivity contribution < 1.29 is 19.0 Å². The Kier molecular flexibility index (Phi) is 9.38. The fourth-order valence-corrected chi connectivity index (χ4v) is 6.97. The molecule has 0 bridgehead atoms. The van der Waals surface area contributed by atoms with E-state index < -0.39 is 12.0 Å². The van der Waals surface area contributed by atoms with Gasteiger partial charge in [0.15, 0.2) is 4.80 Å². The van der Waals surface area contributed by atoms with Gasteiger partial charge in [-0.3, -0.25) is 9.36 Å². The maximum absolute atomic E-state index is 14.3. The highest BCUT2D eigenvalue weighted by Crippen LogP contribution is 2.38. The highest BCUT2D eigenvalue weighted by Gasteiger charge is 2.36. The number of carbonyl (C=O) groups is 1. The quantitative estimate of drug-likeness (QED) is 0.152. The highest BCUT2D eigenvalue weighted by molar-refractivity contribution is 7.07. The Morgan fingerprint density at radius 1 is 1.00 bits per heavy atom. The summed E-state index contributed by atoms with van der Waals surface area (Å²) in [6.45, 7) is 4.32. The molecule has 0 N–H and O–H groups in total. The monoisotopic (exact) mass is 652 g/mol. The normalized spacial score (nSPS) is 14.6. The molecular weight excluding hydrogens is 620 g/mol. The zero-order valence-electron chi connectivity index (χ0n) is 25.8. The van der Waals surface area contributed by atoms with Crippen LogP contribution < -0.4 is 24.4 Å². The molecule has 1 aliphatic rings. The summed E-state index contributed by atoms with van der Waals surface area (Å²) in [5.74, 6) is 0.618. The van der Waals surface area contributed by atoms with Crippen molar-refractivity contribution in [3.05, 3.63) is 138 Å². The lowest BCUT2D eigenvalue weighted by Gasteiger charge is -2.27. The van der Waals surface area contributed by atoms with Crippen LogP contribution in [0.5, 0.6) is 11.5 Å². The van der Waals surface area contributed by atoms with Crippen LogP contribution in [0.4, 0.5) is 0 Å². The van der Waals surface area contributed by atoms with Crippen molar-refractivity contribution in [1.29, 1.82) is 0 Å². The number of fused-ring (bicyclic) bond motifs is 2. The SMILES string of the molecule is CCCC1=C(C(=O)OCC)[C@H](c2cc(Cl)ccc2OC)n2c(s/c(=C/c3ccccc3OCc3cccc4ccccc34)c2=O)=N1. The molecule has 4 aromatic carbocycles. The molecule has 5 aromatic rings. The average molecular weight is 653 g/mol. The Hall–Kier alpha value is -4.66. The Morgan fingerprint density at radius 2 is 1.78 bits per heavy atom. The maximum atomic E-state index is 14.3. The molecule has 1 aliphatic heterocycles. The van der Waals surface area contributed by atoms with Crippen LogP contribution in [-0.4, -0.2) is 24.3 Å². The number of hydrogen-bond donors (Lipinski definition) is 0. The standard InChI is InChI=1S/C37H33ClN2O5S/c1-4-11-29-33(36(42)44-5-2)34(28-21-26(38)18-19-31(28)43-3)40-35(41)32(46-37(40)39-29)20-24-13-7-9-17-30(24)45-22-25-15-10-14-23-12-6-8-16-27(23)25/h6-10,12-21,34H,4-5,11,22H2,1-3H3/b32-20+/t34-/m0/s1. The maximum Gasteiger partial charge on any atom is 0.338 e. The van der Waals surface area contributed by atoms with Gasteiger partial charge in [-0.05, 0) is 60.0 Å². The molecular formula is C37H33ClN2O5S. The summed E-state index contributed by atoms with van der Waals surface area (Å²) in [6.07, 6.45) is 3.10. The van der Waals surface area contributed by atoms with Crippen molar-refractivity contribution in [2.75, 3.05) is 13.7 Å². The molecule has 0 unspecified atom stereocenters. The Labute approximate surface area is 275 Å². The molecule has 7 nitrogen and oxygen atoms in total. The molecule has 9 heteroatoms. The first-order valence-electron chi connectivity index (χ1n) is 15.2. The third-order valence-electron chi connectivity index (χ3n) is 7.85. The number of aromatic nitrogens is 1. The van der Waals surface area contributed by atoms with Gasteiger partial charge in [0.1, 0.15) is 24.1 Å². The third kappa shape index (κ3) is 6.10. The van der Waals surface area contributed by atoms with Crippen molar-refractivity contribution in [3.8, 4) is 11.5 Å². The topological polar surface area (TPSA) is 79.1 Å². The van der Waals surface area contributed by atoms with Crippen LogP contribution in [0.1, 0.15) is 49.4 Å². The molecule has 0 saturated heterocycles. The Morgan fingerprint density at radius 3 is 2.59 bits per heavy atom. The molecule has 46 heavy (non-hydrogen) atoms. The molecule has 6 rings (SSSR count). The second kappa shape index (κ2) is 13.8. The van der Waals surface area contributed by atoms with Gasteiger partial charge in [-0.15, -0.1) is 0 Å². The van der Waals surface area contributed by atoms with E-state index in [-0.39, 0.29) is 12.2 Å². The summed E-state index contributed by atoms with van der Waals surface area (Å²) >= 11 is 7.73. The number of allylic oxidation sites excluding steroid dienone is 1. The number of benzene rings is 4. The number of carbonyl (C=O) groups excluding carboxylic acids is 1. The summed E-state index contributed by atoms with van der Waals surface area (Å²) in [5.41, 5.74) is 2.99. The molecule has 0 aliphatic carbocycles. The second-order valence-corrected chi connectivity index (χ2v) is 12.2. The van der Waals surface area contributed by atoms with Gasteiger partial charge in [-0.25, -0.2) is 9.79 Å². The van der Waals surface area contributed by atoms with Crippen molar-refractivity contribution in [3.63, 3.8) is 0 Å². The predicted octanol–water partition coefficient (Wildman–Crippen LogP) is 6.97. The van der Waals surface area contributed by atoms with Crippen LogP contribution in [0.15, 0.2) is 106 Å². The van der Waals surface area contributed by atoms with E-state index in [9.17, 15) is 9.59 Å². The van der Waals surface area contributed by atoms with Crippen molar-refractivity contribution in [1.82, 2.24) is 4.57 Å². The van der Waals surface area contributed by atoms with Gasteiger partial charge < -0.3 is 14.2 Å². The molecule has 0 saturated carbocycles. The van der Waals surface area contributed by atoms with Gasteiger partial charge in [0, 0.05) is 16.1 Å². The first-order valence-corrected chi connectivity index (χ1v) is 16.4. The van der Waals surface area contributed by atoms with E-state index in [0.29, 0.717) is 55.7 Å². The van der Waals surface area contributed by atoms with E-state index in [1.807, 2.05) is 55.5 Å². The lowest BCUT2D eigenvalue weighted by atomic mass is 9.93.